The Balaban J connectivity index is 2.71. The molecular formula is C9H12N2O. The molecule has 0 amide bonds. The van der Waals surface area contributed by atoms with E-state index in [0.29, 0.717) is 5.92 Å². The largest absolute Gasteiger partial charge is 0.381 e. The molecule has 12 heavy (non-hydrogen) atoms. The summed E-state index contributed by atoms with van der Waals surface area (Å²) in [6.07, 6.45) is 3.61. The Kier molecular flexibility index (Phi) is 1.46. The normalized spacial score (nSPS) is 11.7. The summed E-state index contributed by atoms with van der Waals surface area (Å²) in [5.74, 6) is 1.39. The molecule has 0 fully saturated rings. The third-order valence-electron chi connectivity index (χ3n) is 2.00. The van der Waals surface area contributed by atoms with E-state index in [0.717, 1.165) is 16.9 Å². The molecule has 0 spiro atoms. The van der Waals surface area contributed by atoms with E-state index in [2.05, 4.69) is 18.8 Å². The smallest absolute Gasteiger partial charge is 0.148 e. The number of rotatable bonds is 1. The first-order valence-corrected chi connectivity index (χ1v) is 4.12. The molecule has 3 nitrogen and oxygen atoms in total. The van der Waals surface area contributed by atoms with Gasteiger partial charge in [-0.05, 0) is 6.92 Å². The van der Waals surface area contributed by atoms with Crippen molar-refractivity contribution >= 4 is 5.52 Å². The molecule has 2 heterocycles. The first-order valence-electron chi connectivity index (χ1n) is 4.12. The predicted octanol–water partition coefficient (Wildman–Crippen LogP) is 2.36. The summed E-state index contributed by atoms with van der Waals surface area (Å²) in [4.78, 5) is 4.28. The summed E-state index contributed by atoms with van der Waals surface area (Å²) in [6, 6.07) is 0. The lowest BCUT2D eigenvalue weighted by Gasteiger charge is -1.98. The van der Waals surface area contributed by atoms with Crippen molar-refractivity contribution in [1.29, 1.82) is 0 Å². The van der Waals surface area contributed by atoms with Gasteiger partial charge in [0.25, 0.3) is 0 Å². The molecule has 0 unspecified atom stereocenters. The lowest BCUT2D eigenvalue weighted by Crippen LogP contribution is -1.93. The summed E-state index contributed by atoms with van der Waals surface area (Å²) < 4.78 is 7.13. The van der Waals surface area contributed by atoms with Gasteiger partial charge in [-0.3, -0.25) is 0 Å². The van der Waals surface area contributed by atoms with Crippen LogP contribution in [0.2, 0.25) is 0 Å². The van der Waals surface area contributed by atoms with Crippen LogP contribution in [-0.4, -0.2) is 9.56 Å². The Labute approximate surface area is 71.0 Å². The van der Waals surface area contributed by atoms with Gasteiger partial charge in [-0.25, -0.2) is 4.98 Å². The van der Waals surface area contributed by atoms with Gasteiger partial charge in [0, 0.05) is 11.5 Å². The predicted molar refractivity (Wildman–Crippen MR) is 46.3 cm³/mol. The van der Waals surface area contributed by atoms with Crippen molar-refractivity contribution in [1.82, 2.24) is 9.56 Å². The second-order valence-electron chi connectivity index (χ2n) is 3.36. The minimum Gasteiger partial charge on any atom is -0.381 e. The fourth-order valence-corrected chi connectivity index (χ4v) is 1.30. The topological polar surface area (TPSA) is 30.4 Å². The second-order valence-corrected chi connectivity index (χ2v) is 3.36. The van der Waals surface area contributed by atoms with E-state index in [4.69, 9.17) is 4.52 Å². The number of imidazole rings is 1. The van der Waals surface area contributed by atoms with E-state index in [9.17, 15) is 0 Å². The first kappa shape index (κ1) is 7.40. The zero-order chi connectivity index (χ0) is 8.72. The molecule has 0 aliphatic carbocycles. The van der Waals surface area contributed by atoms with Gasteiger partial charge in [0.1, 0.15) is 17.6 Å². The summed E-state index contributed by atoms with van der Waals surface area (Å²) in [7, 11) is 0. The maximum absolute atomic E-state index is 5.34. The number of fused-ring (bicyclic) bond motifs is 1. The summed E-state index contributed by atoms with van der Waals surface area (Å²) in [5.41, 5.74) is 2.20. The molecule has 0 N–H and O–H groups in total. The van der Waals surface area contributed by atoms with Crippen molar-refractivity contribution in [2.45, 2.75) is 26.7 Å². The molecule has 3 heteroatoms. The van der Waals surface area contributed by atoms with Gasteiger partial charge < -0.3 is 4.52 Å². The van der Waals surface area contributed by atoms with E-state index in [1.54, 1.807) is 10.8 Å². The van der Waals surface area contributed by atoms with Crippen molar-refractivity contribution in [2.24, 2.45) is 0 Å². The van der Waals surface area contributed by atoms with Gasteiger partial charge in [-0.15, -0.1) is 0 Å². The zero-order valence-corrected chi connectivity index (χ0v) is 7.53. The van der Waals surface area contributed by atoms with Crippen LogP contribution in [0, 0.1) is 6.92 Å². The molecule has 2 rings (SSSR count). The third-order valence-corrected chi connectivity index (χ3v) is 2.00. The molecule has 0 bridgehead atoms. The monoisotopic (exact) mass is 164 g/mol. The molecule has 0 aliphatic heterocycles. The van der Waals surface area contributed by atoms with Gasteiger partial charge >= 0.3 is 0 Å². The number of hydrogen-bond donors (Lipinski definition) is 0. The quantitative estimate of drug-likeness (QED) is 0.647. The van der Waals surface area contributed by atoms with Crippen molar-refractivity contribution in [3.05, 3.63) is 23.8 Å². The second kappa shape index (κ2) is 2.37. The average Bonchev–Trinajstić information content (AvgIpc) is 2.53. The lowest BCUT2D eigenvalue weighted by atomic mass is 10.2. The van der Waals surface area contributed by atoms with Crippen LogP contribution < -0.4 is 0 Å². The van der Waals surface area contributed by atoms with Gasteiger partial charge in [-0.2, -0.15) is 4.57 Å². The fraction of sp³-hybridized carbons (Fsp3) is 0.444. The summed E-state index contributed by atoms with van der Waals surface area (Å²) >= 11 is 0. The maximum Gasteiger partial charge on any atom is 0.148 e. The fourth-order valence-electron chi connectivity index (χ4n) is 1.30. The molecular weight excluding hydrogens is 152 g/mol. The average molecular weight is 164 g/mol. The Morgan fingerprint density at radius 1 is 1.50 bits per heavy atom. The van der Waals surface area contributed by atoms with Gasteiger partial charge in [0.2, 0.25) is 0 Å². The molecule has 0 aromatic carbocycles. The van der Waals surface area contributed by atoms with E-state index < -0.39 is 0 Å². The molecule has 2 aromatic rings. The van der Waals surface area contributed by atoms with E-state index in [1.807, 2.05) is 13.1 Å². The molecule has 0 saturated carbocycles. The number of aromatic nitrogens is 2. The van der Waals surface area contributed by atoms with E-state index in [1.165, 1.54) is 0 Å². The summed E-state index contributed by atoms with van der Waals surface area (Å²) in [5, 5.41) is 0. The highest BCUT2D eigenvalue weighted by Gasteiger charge is 2.11. The van der Waals surface area contributed by atoms with Crippen LogP contribution in [0.15, 0.2) is 17.0 Å². The lowest BCUT2D eigenvalue weighted by molar-refractivity contribution is 0.357. The molecule has 64 valence electrons. The summed E-state index contributed by atoms with van der Waals surface area (Å²) in [6.45, 7) is 6.23. The Morgan fingerprint density at radius 2 is 2.25 bits per heavy atom. The Bertz CT molecular complexity index is 397. The third kappa shape index (κ3) is 0.858. The Hall–Kier alpha value is -1.25. The molecule has 0 radical (unpaired) electrons. The highest BCUT2D eigenvalue weighted by atomic mass is 16.5. The Morgan fingerprint density at radius 3 is 2.92 bits per heavy atom. The van der Waals surface area contributed by atoms with Crippen LogP contribution in [0.5, 0.6) is 0 Å². The van der Waals surface area contributed by atoms with Crippen molar-refractivity contribution in [3.63, 3.8) is 0 Å². The van der Waals surface area contributed by atoms with Gasteiger partial charge in [0.15, 0.2) is 0 Å². The SMILES string of the molecule is Cc1con2c(C(C)C)ncc12. The van der Waals surface area contributed by atoms with Crippen LogP contribution in [-0.2, 0) is 0 Å². The molecule has 2 aromatic heterocycles. The van der Waals surface area contributed by atoms with Crippen LogP contribution in [0.1, 0.15) is 31.2 Å². The molecule has 0 atom stereocenters. The van der Waals surface area contributed by atoms with E-state index in [-0.39, 0.29) is 0 Å². The van der Waals surface area contributed by atoms with Gasteiger partial charge in [-0.1, -0.05) is 13.8 Å². The maximum atomic E-state index is 5.34. The highest BCUT2D eigenvalue weighted by Crippen LogP contribution is 2.18. The van der Waals surface area contributed by atoms with Crippen molar-refractivity contribution < 1.29 is 4.52 Å². The number of nitrogens with zero attached hydrogens (tertiary/aromatic N) is 2. The van der Waals surface area contributed by atoms with Crippen LogP contribution >= 0.6 is 0 Å². The standard InChI is InChI=1S/C9H12N2O/c1-6(2)9-10-4-8-7(3)5-12-11(8)9/h4-6H,1-3H3. The van der Waals surface area contributed by atoms with Crippen LogP contribution in [0.4, 0.5) is 0 Å². The van der Waals surface area contributed by atoms with Gasteiger partial charge in [0.05, 0.1) is 6.20 Å². The van der Waals surface area contributed by atoms with Crippen LogP contribution in [0.3, 0.4) is 0 Å². The zero-order valence-electron chi connectivity index (χ0n) is 7.53. The minimum absolute atomic E-state index is 0.401. The first-order chi connectivity index (χ1) is 5.70. The minimum atomic E-state index is 0.401. The number of aryl methyl sites for hydroxylation is 1. The van der Waals surface area contributed by atoms with Crippen molar-refractivity contribution in [2.75, 3.05) is 0 Å². The number of hydrogen-bond acceptors (Lipinski definition) is 2. The molecule has 0 aliphatic rings. The van der Waals surface area contributed by atoms with Crippen LogP contribution in [0.25, 0.3) is 5.52 Å². The van der Waals surface area contributed by atoms with E-state index >= 15 is 0 Å². The van der Waals surface area contributed by atoms with Crippen molar-refractivity contribution in [3.8, 4) is 0 Å². The highest BCUT2D eigenvalue weighted by molar-refractivity contribution is 5.51. The molecule has 0 saturated heterocycles.